The van der Waals surface area contributed by atoms with Gasteiger partial charge in [0.1, 0.15) is 19.0 Å². The lowest BCUT2D eigenvalue weighted by Crippen LogP contribution is -2.45. The fourth-order valence-electron chi connectivity index (χ4n) is 2.35. The van der Waals surface area contributed by atoms with Crippen LogP contribution >= 0.6 is 11.6 Å². The molecule has 0 radical (unpaired) electrons. The number of para-hydroxylation sites is 2. The quantitative estimate of drug-likeness (QED) is 0.834. The predicted octanol–water partition coefficient (Wildman–Crippen LogP) is 3.02. The first-order chi connectivity index (χ1) is 11.6. The fourth-order valence-corrected chi connectivity index (χ4v) is 2.53. The highest BCUT2D eigenvalue weighted by atomic mass is 35.5. The van der Waals surface area contributed by atoms with E-state index in [2.05, 4.69) is 0 Å². The van der Waals surface area contributed by atoms with Crippen LogP contribution in [0.1, 0.15) is 0 Å². The van der Waals surface area contributed by atoms with E-state index >= 15 is 0 Å². The van der Waals surface area contributed by atoms with Gasteiger partial charge in [0, 0.05) is 12.1 Å². The second kappa shape index (κ2) is 7.45. The highest BCUT2D eigenvalue weighted by Gasteiger charge is 2.29. The molecule has 3 rings (SSSR count). The summed E-state index contributed by atoms with van der Waals surface area (Å²) in [5.41, 5.74) is 0. The molecule has 0 aliphatic carbocycles. The van der Waals surface area contributed by atoms with Gasteiger partial charge in [-0.3, -0.25) is 4.79 Å². The molecule has 0 aromatic heterocycles. The van der Waals surface area contributed by atoms with E-state index in [4.69, 9.17) is 25.8 Å². The summed E-state index contributed by atoms with van der Waals surface area (Å²) in [5.74, 6) is 1.79. The molecule has 1 heterocycles. The Morgan fingerprint density at radius 3 is 2.83 bits per heavy atom. The topological polar surface area (TPSA) is 48.0 Å². The number of carbonyl (C=O) groups is 1. The van der Waals surface area contributed by atoms with Gasteiger partial charge in [0.2, 0.25) is 6.10 Å². The molecular weight excluding hydrogens is 330 g/mol. The zero-order valence-corrected chi connectivity index (χ0v) is 14.0. The molecule has 0 N–H and O–H groups in total. The molecule has 0 saturated carbocycles. The summed E-state index contributed by atoms with van der Waals surface area (Å²) >= 11 is 5.90. The van der Waals surface area contributed by atoms with Gasteiger partial charge >= 0.3 is 0 Å². The van der Waals surface area contributed by atoms with E-state index in [1.807, 2.05) is 30.3 Å². The summed E-state index contributed by atoms with van der Waals surface area (Å²) in [5, 5.41) is 0.614. The Morgan fingerprint density at radius 2 is 2.04 bits per heavy atom. The van der Waals surface area contributed by atoms with E-state index in [0.29, 0.717) is 35.4 Å². The summed E-state index contributed by atoms with van der Waals surface area (Å²) in [6.07, 6.45) is -0.643. The van der Waals surface area contributed by atoms with Gasteiger partial charge in [-0.25, -0.2) is 0 Å². The molecule has 0 bridgehead atoms. The number of rotatable bonds is 5. The molecule has 2 aromatic rings. The van der Waals surface area contributed by atoms with Gasteiger partial charge in [-0.05, 0) is 30.3 Å². The molecule has 24 heavy (non-hydrogen) atoms. The second-order valence-corrected chi connectivity index (χ2v) is 5.87. The van der Waals surface area contributed by atoms with Crippen molar-refractivity contribution in [3.05, 3.63) is 53.6 Å². The van der Waals surface area contributed by atoms with E-state index in [0.717, 1.165) is 0 Å². The number of halogens is 1. The molecule has 126 valence electrons. The molecule has 0 fully saturated rings. The lowest BCUT2D eigenvalue weighted by Gasteiger charge is -2.28. The van der Waals surface area contributed by atoms with Crippen LogP contribution in [0.3, 0.4) is 0 Å². The van der Waals surface area contributed by atoms with Crippen molar-refractivity contribution in [3.8, 4) is 17.2 Å². The van der Waals surface area contributed by atoms with Crippen LogP contribution in [0.2, 0.25) is 5.02 Å². The Hall–Kier alpha value is -2.40. The first kappa shape index (κ1) is 16.5. The number of benzene rings is 2. The third-order valence-electron chi connectivity index (χ3n) is 3.65. The molecule has 1 unspecified atom stereocenters. The maximum atomic E-state index is 12.4. The van der Waals surface area contributed by atoms with Gasteiger partial charge in [-0.1, -0.05) is 29.8 Å². The summed E-state index contributed by atoms with van der Waals surface area (Å²) in [7, 11) is 1.72. The number of nitrogens with zero attached hydrogens (tertiary/aromatic N) is 1. The van der Waals surface area contributed by atoms with Crippen molar-refractivity contribution < 1.29 is 19.0 Å². The molecule has 0 spiro atoms. The minimum Gasteiger partial charge on any atom is -0.492 e. The van der Waals surface area contributed by atoms with E-state index in [1.165, 1.54) is 0 Å². The minimum absolute atomic E-state index is 0.140. The first-order valence-corrected chi connectivity index (χ1v) is 8.03. The summed E-state index contributed by atoms with van der Waals surface area (Å²) in [6, 6.07) is 14.5. The lowest BCUT2D eigenvalue weighted by molar-refractivity contribution is -0.140. The van der Waals surface area contributed by atoms with E-state index in [-0.39, 0.29) is 12.5 Å². The molecule has 1 aliphatic heterocycles. The lowest BCUT2D eigenvalue weighted by atomic mass is 10.2. The van der Waals surface area contributed by atoms with Crippen molar-refractivity contribution in [1.29, 1.82) is 0 Å². The Bertz CT molecular complexity index is 722. The molecule has 2 aromatic carbocycles. The van der Waals surface area contributed by atoms with Crippen molar-refractivity contribution in [2.24, 2.45) is 0 Å². The average molecular weight is 348 g/mol. The number of likely N-dealkylation sites (N-methyl/N-ethyl adjacent to an activating group) is 1. The second-order valence-electron chi connectivity index (χ2n) is 5.43. The van der Waals surface area contributed by atoms with Crippen LogP contribution < -0.4 is 14.2 Å². The molecule has 1 atom stereocenters. The van der Waals surface area contributed by atoms with Gasteiger partial charge in [0.15, 0.2) is 11.5 Å². The zero-order valence-electron chi connectivity index (χ0n) is 13.3. The van der Waals surface area contributed by atoms with Crippen LogP contribution in [-0.2, 0) is 4.79 Å². The number of carbonyl (C=O) groups excluding carboxylic acids is 1. The smallest absolute Gasteiger partial charge is 0.267 e. The zero-order chi connectivity index (χ0) is 16.9. The first-order valence-electron chi connectivity index (χ1n) is 7.65. The van der Waals surface area contributed by atoms with E-state index < -0.39 is 6.10 Å². The van der Waals surface area contributed by atoms with Gasteiger partial charge in [0.05, 0.1) is 6.54 Å². The number of fused-ring (bicyclic) bond motifs is 1. The Labute approximate surface area is 145 Å². The maximum Gasteiger partial charge on any atom is 0.267 e. The summed E-state index contributed by atoms with van der Waals surface area (Å²) in [6.45, 7) is 1.01. The van der Waals surface area contributed by atoms with Crippen molar-refractivity contribution in [2.75, 3.05) is 26.8 Å². The molecule has 5 nitrogen and oxygen atoms in total. The Morgan fingerprint density at radius 1 is 1.25 bits per heavy atom. The maximum absolute atomic E-state index is 12.4. The van der Waals surface area contributed by atoms with Crippen LogP contribution in [-0.4, -0.2) is 43.7 Å². The molecule has 1 aliphatic rings. The minimum atomic E-state index is -0.643. The summed E-state index contributed by atoms with van der Waals surface area (Å²) in [4.78, 5) is 14.0. The standard InChI is InChI=1S/C18H18ClNO4/c1-20(9-10-22-14-6-4-5-13(19)11-14)18(21)17-12-23-15-7-2-3-8-16(15)24-17/h2-8,11,17H,9-10,12H2,1H3. The van der Waals surface area contributed by atoms with Crippen molar-refractivity contribution in [2.45, 2.75) is 6.10 Å². The fraction of sp³-hybridized carbons (Fsp3) is 0.278. The van der Waals surface area contributed by atoms with Crippen LogP contribution in [0.25, 0.3) is 0 Å². The number of ether oxygens (including phenoxy) is 3. The van der Waals surface area contributed by atoms with Gasteiger partial charge in [0.25, 0.3) is 5.91 Å². The largest absolute Gasteiger partial charge is 0.492 e. The molecule has 0 saturated heterocycles. The highest BCUT2D eigenvalue weighted by molar-refractivity contribution is 6.30. The van der Waals surface area contributed by atoms with Crippen molar-refractivity contribution >= 4 is 17.5 Å². The normalized spacial score (nSPS) is 15.7. The van der Waals surface area contributed by atoms with Crippen LogP contribution in [0.5, 0.6) is 17.2 Å². The molecule has 6 heteroatoms. The van der Waals surface area contributed by atoms with E-state index in [9.17, 15) is 4.79 Å². The van der Waals surface area contributed by atoms with Crippen LogP contribution in [0.15, 0.2) is 48.5 Å². The summed E-state index contributed by atoms with van der Waals surface area (Å²) < 4.78 is 16.9. The third-order valence-corrected chi connectivity index (χ3v) is 3.89. The Kier molecular flexibility index (Phi) is 5.11. The van der Waals surface area contributed by atoms with Gasteiger partial charge < -0.3 is 19.1 Å². The number of hydrogen-bond acceptors (Lipinski definition) is 4. The number of hydrogen-bond donors (Lipinski definition) is 0. The molecule has 1 amide bonds. The van der Waals surface area contributed by atoms with Gasteiger partial charge in [-0.2, -0.15) is 0 Å². The van der Waals surface area contributed by atoms with Crippen molar-refractivity contribution in [3.63, 3.8) is 0 Å². The van der Waals surface area contributed by atoms with Gasteiger partial charge in [-0.15, -0.1) is 0 Å². The SMILES string of the molecule is CN(CCOc1cccc(Cl)c1)C(=O)C1COc2ccccc2O1. The van der Waals surface area contributed by atoms with Crippen LogP contribution in [0, 0.1) is 0 Å². The van der Waals surface area contributed by atoms with E-state index in [1.54, 1.807) is 30.1 Å². The highest BCUT2D eigenvalue weighted by Crippen LogP contribution is 2.31. The predicted molar refractivity (Wildman–Crippen MR) is 90.9 cm³/mol. The monoisotopic (exact) mass is 347 g/mol. The third kappa shape index (κ3) is 3.92. The molecular formula is C18H18ClNO4. The average Bonchev–Trinajstić information content (AvgIpc) is 2.60. The van der Waals surface area contributed by atoms with Crippen LogP contribution in [0.4, 0.5) is 0 Å². The number of amides is 1. The Balaban J connectivity index is 1.50. The van der Waals surface area contributed by atoms with Crippen molar-refractivity contribution in [1.82, 2.24) is 4.90 Å².